The number of methoxy groups -OCH3 is 1. The highest BCUT2D eigenvalue weighted by Crippen LogP contribution is 2.30. The number of ether oxygens (including phenoxy) is 1. The van der Waals surface area contributed by atoms with E-state index in [1.807, 2.05) is 54.6 Å². The molecular formula is C22H17NO3. The zero-order valence-corrected chi connectivity index (χ0v) is 14.2. The molecule has 0 atom stereocenters. The quantitative estimate of drug-likeness (QED) is 0.572. The molecule has 4 nitrogen and oxygen atoms in total. The lowest BCUT2D eigenvalue weighted by Crippen LogP contribution is -2.03. The van der Waals surface area contributed by atoms with E-state index in [1.54, 1.807) is 6.07 Å². The molecule has 0 aliphatic rings. The predicted molar refractivity (Wildman–Crippen MR) is 104 cm³/mol. The summed E-state index contributed by atoms with van der Waals surface area (Å²) in [6.45, 7) is 0. The van der Waals surface area contributed by atoms with Gasteiger partial charge in [0.05, 0.1) is 18.0 Å². The minimum absolute atomic E-state index is 0.0924. The molecule has 1 heterocycles. The Bertz CT molecular complexity index is 1150. The molecule has 3 aromatic carbocycles. The van der Waals surface area contributed by atoms with Gasteiger partial charge in [-0.3, -0.25) is 4.79 Å². The zero-order chi connectivity index (χ0) is 18.1. The van der Waals surface area contributed by atoms with Crippen LogP contribution in [0.15, 0.2) is 77.6 Å². The number of nitrogens with one attached hydrogen (secondary N) is 1. The van der Waals surface area contributed by atoms with Crippen molar-refractivity contribution in [3.63, 3.8) is 0 Å². The van der Waals surface area contributed by atoms with Crippen LogP contribution >= 0.6 is 0 Å². The lowest BCUT2D eigenvalue weighted by molar-refractivity contribution is 0.409. The fourth-order valence-electron chi connectivity index (χ4n) is 3.11. The number of H-pyrrole nitrogens is 1. The summed E-state index contributed by atoms with van der Waals surface area (Å²) >= 11 is 0. The second-order valence-electron chi connectivity index (χ2n) is 6.06. The minimum Gasteiger partial charge on any atom is -0.507 e. The topological polar surface area (TPSA) is 62.3 Å². The summed E-state index contributed by atoms with van der Waals surface area (Å²) in [5, 5.41) is 10.4. The maximum absolute atomic E-state index is 12.5. The molecule has 0 aliphatic heterocycles. The highest BCUT2D eigenvalue weighted by molar-refractivity contribution is 5.88. The first-order valence-electron chi connectivity index (χ1n) is 8.25. The highest BCUT2D eigenvalue weighted by Gasteiger charge is 2.11. The molecule has 0 amide bonds. The van der Waals surface area contributed by atoms with Gasteiger partial charge in [-0.05, 0) is 22.8 Å². The van der Waals surface area contributed by atoms with E-state index in [1.165, 1.54) is 19.2 Å². The summed E-state index contributed by atoms with van der Waals surface area (Å²) in [5.41, 5.74) is 4.06. The van der Waals surface area contributed by atoms with E-state index in [9.17, 15) is 9.90 Å². The van der Waals surface area contributed by atoms with Crippen molar-refractivity contribution in [1.82, 2.24) is 4.98 Å². The van der Waals surface area contributed by atoms with E-state index in [0.717, 1.165) is 16.7 Å². The SMILES string of the molecule is COc1cc(O)c2c(=O)cc(-c3cccc(-c4ccccc4)c3)[nH]c2c1. The van der Waals surface area contributed by atoms with Crippen LogP contribution in [0.4, 0.5) is 0 Å². The van der Waals surface area contributed by atoms with Gasteiger partial charge >= 0.3 is 0 Å². The number of hydrogen-bond donors (Lipinski definition) is 2. The fourth-order valence-corrected chi connectivity index (χ4v) is 3.11. The summed E-state index contributed by atoms with van der Waals surface area (Å²) in [5.74, 6) is 0.394. The van der Waals surface area contributed by atoms with Crippen LogP contribution in [-0.4, -0.2) is 17.2 Å². The first kappa shape index (κ1) is 16.0. The molecule has 0 fully saturated rings. The zero-order valence-electron chi connectivity index (χ0n) is 14.2. The van der Waals surface area contributed by atoms with E-state index >= 15 is 0 Å². The van der Waals surface area contributed by atoms with Crippen molar-refractivity contribution in [1.29, 1.82) is 0 Å². The second kappa shape index (κ2) is 6.41. The molecule has 4 rings (SSSR count). The second-order valence-corrected chi connectivity index (χ2v) is 6.06. The molecule has 2 N–H and O–H groups in total. The number of aromatic amines is 1. The van der Waals surface area contributed by atoms with E-state index in [2.05, 4.69) is 4.98 Å². The molecule has 0 saturated heterocycles. The Morgan fingerprint density at radius 1 is 0.846 bits per heavy atom. The number of rotatable bonds is 3. The van der Waals surface area contributed by atoms with E-state index in [4.69, 9.17) is 4.74 Å². The molecule has 128 valence electrons. The number of fused-ring (bicyclic) bond motifs is 1. The normalized spacial score (nSPS) is 10.8. The Morgan fingerprint density at radius 3 is 2.35 bits per heavy atom. The molecular weight excluding hydrogens is 326 g/mol. The maximum Gasteiger partial charge on any atom is 0.193 e. The van der Waals surface area contributed by atoms with Gasteiger partial charge in [0.15, 0.2) is 5.43 Å². The van der Waals surface area contributed by atoms with Gasteiger partial charge in [0.25, 0.3) is 0 Å². The molecule has 0 aliphatic carbocycles. The van der Waals surface area contributed by atoms with E-state index in [0.29, 0.717) is 17.0 Å². The smallest absolute Gasteiger partial charge is 0.193 e. The van der Waals surface area contributed by atoms with Gasteiger partial charge in [0.1, 0.15) is 11.5 Å². The van der Waals surface area contributed by atoms with Crippen LogP contribution in [0.2, 0.25) is 0 Å². The number of aromatic nitrogens is 1. The van der Waals surface area contributed by atoms with E-state index < -0.39 is 0 Å². The first-order valence-corrected chi connectivity index (χ1v) is 8.25. The van der Waals surface area contributed by atoms with Gasteiger partial charge in [0, 0.05) is 23.9 Å². The molecule has 0 radical (unpaired) electrons. The maximum atomic E-state index is 12.5. The van der Waals surface area contributed by atoms with Crippen molar-refractivity contribution in [3.8, 4) is 33.9 Å². The van der Waals surface area contributed by atoms with Crippen LogP contribution < -0.4 is 10.2 Å². The van der Waals surface area contributed by atoms with Crippen LogP contribution in [0.1, 0.15) is 0 Å². The Labute approximate surface area is 150 Å². The molecule has 0 saturated carbocycles. The monoisotopic (exact) mass is 343 g/mol. The highest BCUT2D eigenvalue weighted by atomic mass is 16.5. The number of aromatic hydroxyl groups is 1. The molecule has 0 bridgehead atoms. The van der Waals surface area contributed by atoms with Gasteiger partial charge in [-0.1, -0.05) is 48.5 Å². The van der Waals surface area contributed by atoms with Gasteiger partial charge in [0.2, 0.25) is 0 Å². The Kier molecular flexibility index (Phi) is 3.93. The third-order valence-electron chi connectivity index (χ3n) is 4.40. The molecule has 4 heteroatoms. The number of benzene rings is 3. The van der Waals surface area contributed by atoms with Crippen molar-refractivity contribution >= 4 is 10.9 Å². The largest absolute Gasteiger partial charge is 0.507 e. The lowest BCUT2D eigenvalue weighted by Gasteiger charge is -2.09. The van der Waals surface area contributed by atoms with Gasteiger partial charge in [-0.25, -0.2) is 0 Å². The van der Waals surface area contributed by atoms with Gasteiger partial charge in [-0.15, -0.1) is 0 Å². The summed E-state index contributed by atoms with van der Waals surface area (Å²) in [6.07, 6.45) is 0. The van der Waals surface area contributed by atoms with Crippen LogP contribution in [0, 0.1) is 0 Å². The molecule has 26 heavy (non-hydrogen) atoms. The molecule has 4 aromatic rings. The number of phenols is 1. The van der Waals surface area contributed by atoms with Crippen LogP contribution in [0.3, 0.4) is 0 Å². The molecule has 0 unspecified atom stereocenters. The fraction of sp³-hybridized carbons (Fsp3) is 0.0455. The van der Waals surface area contributed by atoms with Crippen molar-refractivity contribution in [2.75, 3.05) is 7.11 Å². The summed E-state index contributed by atoms with van der Waals surface area (Å²) < 4.78 is 5.18. The first-order chi connectivity index (χ1) is 12.7. The number of hydrogen-bond acceptors (Lipinski definition) is 3. The summed E-state index contributed by atoms with van der Waals surface area (Å²) in [6, 6.07) is 22.7. The lowest BCUT2D eigenvalue weighted by atomic mass is 10.0. The number of pyridine rings is 1. The van der Waals surface area contributed by atoms with Crippen molar-refractivity contribution < 1.29 is 9.84 Å². The van der Waals surface area contributed by atoms with Crippen molar-refractivity contribution in [3.05, 3.63) is 83.0 Å². The van der Waals surface area contributed by atoms with Gasteiger partial charge < -0.3 is 14.8 Å². The predicted octanol–water partition coefficient (Wildman–Crippen LogP) is 4.58. The van der Waals surface area contributed by atoms with Crippen molar-refractivity contribution in [2.24, 2.45) is 0 Å². The third kappa shape index (κ3) is 2.82. The average molecular weight is 343 g/mol. The Balaban J connectivity index is 1.89. The number of phenolic OH excluding ortho intramolecular Hbond substituents is 1. The van der Waals surface area contributed by atoms with Crippen LogP contribution in [-0.2, 0) is 0 Å². The minimum atomic E-state index is -0.237. The van der Waals surface area contributed by atoms with E-state index in [-0.39, 0.29) is 16.6 Å². The van der Waals surface area contributed by atoms with Gasteiger partial charge in [-0.2, -0.15) is 0 Å². The summed E-state index contributed by atoms with van der Waals surface area (Å²) in [4.78, 5) is 15.8. The van der Waals surface area contributed by atoms with Crippen molar-refractivity contribution in [2.45, 2.75) is 0 Å². The van der Waals surface area contributed by atoms with Crippen LogP contribution in [0.5, 0.6) is 11.5 Å². The summed E-state index contributed by atoms with van der Waals surface area (Å²) in [7, 11) is 1.52. The molecule has 1 aromatic heterocycles. The standard InChI is InChI=1S/C22H17NO3/c1-26-17-11-19-22(20(24)12-17)21(25)13-18(23-19)16-9-5-8-15(10-16)14-6-3-2-4-7-14/h2-13,24H,1H3,(H,23,25). The van der Waals surface area contributed by atoms with Crippen LogP contribution in [0.25, 0.3) is 33.3 Å². The average Bonchev–Trinajstić information content (AvgIpc) is 2.68. The third-order valence-corrected chi connectivity index (χ3v) is 4.40. The molecule has 0 spiro atoms. The Hall–Kier alpha value is -3.53. The Morgan fingerprint density at radius 2 is 1.58 bits per heavy atom.